The lowest BCUT2D eigenvalue weighted by atomic mass is 10.1. The second kappa shape index (κ2) is 5.28. The summed E-state index contributed by atoms with van der Waals surface area (Å²) < 4.78 is 1.69. The van der Waals surface area contributed by atoms with E-state index < -0.39 is 0 Å². The van der Waals surface area contributed by atoms with E-state index in [1.165, 1.54) is 0 Å². The van der Waals surface area contributed by atoms with Crippen LogP contribution in [0.3, 0.4) is 0 Å². The van der Waals surface area contributed by atoms with Crippen LogP contribution >= 0.6 is 0 Å². The Bertz CT molecular complexity index is 794. The van der Waals surface area contributed by atoms with Crippen molar-refractivity contribution in [2.24, 2.45) is 0 Å². The summed E-state index contributed by atoms with van der Waals surface area (Å²) >= 11 is 0. The predicted molar refractivity (Wildman–Crippen MR) is 81.8 cm³/mol. The van der Waals surface area contributed by atoms with Crippen LogP contribution in [0.1, 0.15) is 15.9 Å². The van der Waals surface area contributed by atoms with Gasteiger partial charge in [0, 0.05) is 25.5 Å². The average Bonchev–Trinajstić information content (AvgIpc) is 2.92. The van der Waals surface area contributed by atoms with Crippen LogP contribution in [0.25, 0.3) is 5.52 Å². The van der Waals surface area contributed by atoms with Crippen LogP contribution in [0.15, 0.2) is 54.9 Å². The van der Waals surface area contributed by atoms with Gasteiger partial charge in [-0.25, -0.2) is 4.52 Å². The highest BCUT2D eigenvalue weighted by atomic mass is 16.2. The maximum Gasteiger partial charge on any atom is 0.257 e. The minimum absolute atomic E-state index is 0.0700. The molecule has 0 atom stereocenters. The van der Waals surface area contributed by atoms with Gasteiger partial charge in [-0.1, -0.05) is 24.3 Å². The molecule has 0 unspecified atom stereocenters. The highest BCUT2D eigenvalue weighted by Gasteiger charge is 2.17. The minimum Gasteiger partial charge on any atom is -0.398 e. The van der Waals surface area contributed by atoms with Gasteiger partial charge in [0.25, 0.3) is 5.91 Å². The summed E-state index contributed by atoms with van der Waals surface area (Å²) in [5.41, 5.74) is 8.94. The van der Waals surface area contributed by atoms with Crippen molar-refractivity contribution in [3.63, 3.8) is 0 Å². The number of hydrogen-bond donors (Lipinski definition) is 1. The van der Waals surface area contributed by atoms with Crippen molar-refractivity contribution < 1.29 is 4.79 Å². The number of pyridine rings is 1. The number of nitrogen functional groups attached to an aromatic ring is 1. The van der Waals surface area contributed by atoms with E-state index in [1.807, 2.05) is 48.7 Å². The Morgan fingerprint density at radius 1 is 1.24 bits per heavy atom. The maximum absolute atomic E-state index is 12.6. The van der Waals surface area contributed by atoms with Gasteiger partial charge >= 0.3 is 0 Å². The highest BCUT2D eigenvalue weighted by Crippen LogP contribution is 2.16. The number of hydrogen-bond acceptors (Lipinski definition) is 3. The number of anilines is 1. The van der Waals surface area contributed by atoms with Crippen LogP contribution < -0.4 is 5.73 Å². The van der Waals surface area contributed by atoms with Gasteiger partial charge in [0.15, 0.2) is 0 Å². The molecule has 0 bridgehead atoms. The minimum atomic E-state index is -0.0700. The van der Waals surface area contributed by atoms with Gasteiger partial charge in [-0.2, -0.15) is 5.10 Å². The summed E-state index contributed by atoms with van der Waals surface area (Å²) in [5, 5.41) is 4.19. The maximum atomic E-state index is 12.6. The number of fused-ring (bicyclic) bond motifs is 1. The van der Waals surface area contributed by atoms with Gasteiger partial charge in [0.05, 0.1) is 17.3 Å². The normalized spacial score (nSPS) is 10.7. The monoisotopic (exact) mass is 280 g/mol. The summed E-state index contributed by atoms with van der Waals surface area (Å²) in [6.45, 7) is 0.468. The highest BCUT2D eigenvalue weighted by molar-refractivity contribution is 6.00. The number of carbonyl (C=O) groups excluding carboxylic acids is 1. The third kappa shape index (κ3) is 2.45. The van der Waals surface area contributed by atoms with Crippen molar-refractivity contribution in [1.82, 2.24) is 14.5 Å². The first-order chi connectivity index (χ1) is 10.2. The van der Waals surface area contributed by atoms with Crippen molar-refractivity contribution in [2.75, 3.05) is 12.8 Å². The van der Waals surface area contributed by atoms with E-state index >= 15 is 0 Å². The third-order valence-corrected chi connectivity index (χ3v) is 3.47. The van der Waals surface area contributed by atoms with Crippen molar-refractivity contribution in [2.45, 2.75) is 6.54 Å². The summed E-state index contributed by atoms with van der Waals surface area (Å²) in [6, 6.07) is 13.2. The fourth-order valence-corrected chi connectivity index (χ4v) is 2.31. The van der Waals surface area contributed by atoms with Gasteiger partial charge in [0.2, 0.25) is 0 Å². The molecule has 106 valence electrons. The first-order valence-corrected chi connectivity index (χ1v) is 6.68. The Morgan fingerprint density at radius 3 is 2.81 bits per heavy atom. The molecule has 0 aliphatic rings. The molecular formula is C16H16N4O. The fraction of sp³-hybridized carbons (Fsp3) is 0.125. The lowest BCUT2D eigenvalue weighted by Crippen LogP contribution is -2.26. The van der Waals surface area contributed by atoms with Crippen LogP contribution in [-0.2, 0) is 6.54 Å². The molecule has 0 fully saturated rings. The van der Waals surface area contributed by atoms with Crippen molar-refractivity contribution in [3.05, 3.63) is 66.0 Å². The SMILES string of the molecule is CN(Cc1ccccc1N)C(=O)c1cnn2ccccc12. The van der Waals surface area contributed by atoms with Crippen LogP contribution in [0.4, 0.5) is 5.69 Å². The smallest absolute Gasteiger partial charge is 0.257 e. The molecule has 0 spiro atoms. The molecular weight excluding hydrogens is 264 g/mol. The van der Waals surface area contributed by atoms with Crippen molar-refractivity contribution in [1.29, 1.82) is 0 Å². The molecule has 2 N–H and O–H groups in total. The standard InChI is InChI=1S/C16H16N4O/c1-19(11-12-6-2-3-7-14(12)17)16(21)13-10-18-20-9-5-4-8-15(13)20/h2-10H,11,17H2,1H3. The van der Waals surface area contributed by atoms with E-state index in [4.69, 9.17) is 5.73 Å². The second-order valence-electron chi connectivity index (χ2n) is 4.95. The zero-order chi connectivity index (χ0) is 14.8. The van der Waals surface area contributed by atoms with Crippen LogP contribution in [0.5, 0.6) is 0 Å². The number of rotatable bonds is 3. The molecule has 0 saturated heterocycles. The molecule has 1 amide bonds. The summed E-state index contributed by atoms with van der Waals surface area (Å²) in [4.78, 5) is 14.2. The molecule has 0 saturated carbocycles. The number of nitrogens with zero attached hydrogens (tertiary/aromatic N) is 3. The van der Waals surface area contributed by atoms with E-state index in [0.717, 1.165) is 11.1 Å². The molecule has 0 aliphatic carbocycles. The molecule has 3 aromatic rings. The van der Waals surface area contributed by atoms with Crippen molar-refractivity contribution in [3.8, 4) is 0 Å². The van der Waals surface area contributed by atoms with Crippen LogP contribution in [0, 0.1) is 0 Å². The van der Waals surface area contributed by atoms with E-state index in [9.17, 15) is 4.79 Å². The molecule has 21 heavy (non-hydrogen) atoms. The predicted octanol–water partition coefficient (Wildman–Crippen LogP) is 2.19. The largest absolute Gasteiger partial charge is 0.398 e. The lowest BCUT2D eigenvalue weighted by Gasteiger charge is -2.17. The second-order valence-corrected chi connectivity index (χ2v) is 4.95. The lowest BCUT2D eigenvalue weighted by molar-refractivity contribution is 0.0787. The number of amides is 1. The Morgan fingerprint density at radius 2 is 2.00 bits per heavy atom. The summed E-state index contributed by atoms with van der Waals surface area (Å²) in [6.07, 6.45) is 3.42. The zero-order valence-electron chi connectivity index (χ0n) is 11.7. The number of para-hydroxylation sites is 1. The Labute approximate surface area is 122 Å². The first-order valence-electron chi connectivity index (χ1n) is 6.68. The topological polar surface area (TPSA) is 63.6 Å². The fourth-order valence-electron chi connectivity index (χ4n) is 2.31. The third-order valence-electron chi connectivity index (χ3n) is 3.47. The number of aromatic nitrogens is 2. The van der Waals surface area contributed by atoms with Crippen molar-refractivity contribution >= 4 is 17.1 Å². The molecule has 5 heteroatoms. The number of carbonyl (C=O) groups is 1. The van der Waals surface area contributed by atoms with Gasteiger partial charge < -0.3 is 10.6 Å². The molecule has 1 aromatic carbocycles. The summed E-state index contributed by atoms with van der Waals surface area (Å²) in [7, 11) is 1.77. The van der Waals surface area contributed by atoms with Crippen LogP contribution in [-0.4, -0.2) is 27.5 Å². The molecule has 0 aliphatic heterocycles. The van der Waals surface area contributed by atoms with Gasteiger partial charge in [-0.15, -0.1) is 0 Å². The first kappa shape index (κ1) is 13.2. The summed E-state index contributed by atoms with van der Waals surface area (Å²) in [5.74, 6) is -0.0700. The molecule has 2 aromatic heterocycles. The van der Waals surface area contributed by atoms with E-state index in [2.05, 4.69) is 5.10 Å². The molecule has 0 radical (unpaired) electrons. The Kier molecular flexibility index (Phi) is 3.31. The number of nitrogens with two attached hydrogens (primary N) is 1. The van der Waals surface area contributed by atoms with E-state index in [0.29, 0.717) is 17.8 Å². The van der Waals surface area contributed by atoms with Gasteiger partial charge in [-0.3, -0.25) is 4.79 Å². The quantitative estimate of drug-likeness (QED) is 0.748. The Balaban J connectivity index is 1.86. The van der Waals surface area contributed by atoms with Gasteiger partial charge in [0.1, 0.15) is 0 Å². The Hall–Kier alpha value is -2.82. The zero-order valence-corrected chi connectivity index (χ0v) is 11.7. The van der Waals surface area contributed by atoms with E-state index in [-0.39, 0.29) is 5.91 Å². The van der Waals surface area contributed by atoms with Crippen LogP contribution in [0.2, 0.25) is 0 Å². The molecule has 3 rings (SSSR count). The number of benzene rings is 1. The molecule has 5 nitrogen and oxygen atoms in total. The molecule has 2 heterocycles. The van der Waals surface area contributed by atoms with E-state index in [1.54, 1.807) is 22.7 Å². The average molecular weight is 280 g/mol. The van der Waals surface area contributed by atoms with Gasteiger partial charge in [-0.05, 0) is 23.8 Å².